The molecule has 0 heterocycles. The van der Waals surface area contributed by atoms with Crippen LogP contribution < -0.4 is 5.32 Å². The molecule has 0 bridgehead atoms. The van der Waals surface area contributed by atoms with E-state index in [1.54, 1.807) is 0 Å². The molecule has 1 nitrogen and oxygen atoms in total. The van der Waals surface area contributed by atoms with Crippen molar-refractivity contribution in [3.05, 3.63) is 66.5 Å². The van der Waals surface area contributed by atoms with Crippen molar-refractivity contribution < 1.29 is 0 Å². The zero-order valence-corrected chi connectivity index (χ0v) is 15.4. The van der Waals surface area contributed by atoms with Crippen LogP contribution in [0, 0.1) is 6.92 Å². The van der Waals surface area contributed by atoms with E-state index in [1.165, 1.54) is 16.7 Å². The maximum absolute atomic E-state index is 3.63. The van der Waals surface area contributed by atoms with Gasteiger partial charge in [-0.1, -0.05) is 53.9 Å². The molecule has 1 N–H and O–H groups in total. The first kappa shape index (κ1) is 15.2. The fraction of sp³-hybridized carbons (Fsp3) is 0.200. The van der Waals surface area contributed by atoms with Crippen molar-refractivity contribution in [1.82, 2.24) is 5.32 Å². The minimum Gasteiger partial charge on any atom is -0.309 e. The third-order valence-electron chi connectivity index (χ3n) is 2.96. The highest BCUT2D eigenvalue weighted by Crippen LogP contribution is 2.32. The molecule has 0 radical (unpaired) electrons. The maximum atomic E-state index is 3.63. The van der Waals surface area contributed by atoms with Gasteiger partial charge in [-0.15, -0.1) is 0 Å². The van der Waals surface area contributed by atoms with E-state index in [0.29, 0.717) is 0 Å². The molecule has 2 aromatic carbocycles. The van der Waals surface area contributed by atoms with E-state index in [2.05, 4.69) is 90.4 Å². The van der Waals surface area contributed by atoms with E-state index in [-0.39, 0.29) is 6.04 Å². The van der Waals surface area contributed by atoms with Gasteiger partial charge in [0.1, 0.15) is 0 Å². The standard InChI is InChI=1S/C15H14Br3N/c1-9-5-10(7-12(17)6-9)15(19-2)13-8-11(16)3-4-14(13)18/h3-8,15,19H,1-2H3. The number of hydrogen-bond donors (Lipinski definition) is 1. The molecule has 0 fully saturated rings. The van der Waals surface area contributed by atoms with Crippen LogP contribution in [0.15, 0.2) is 49.8 Å². The summed E-state index contributed by atoms with van der Waals surface area (Å²) in [5.74, 6) is 0. The molecule has 0 saturated carbocycles. The average molecular weight is 448 g/mol. The molecule has 100 valence electrons. The minimum atomic E-state index is 0.156. The van der Waals surface area contributed by atoms with Gasteiger partial charge in [0.2, 0.25) is 0 Å². The first-order valence-electron chi connectivity index (χ1n) is 5.90. The molecular formula is C15H14Br3N. The molecule has 1 atom stereocenters. The Balaban J connectivity index is 2.52. The molecule has 0 amide bonds. The SMILES string of the molecule is CNC(c1cc(C)cc(Br)c1)c1cc(Br)ccc1Br. The quantitative estimate of drug-likeness (QED) is 0.646. The summed E-state index contributed by atoms with van der Waals surface area (Å²) in [6, 6.07) is 12.9. The molecule has 0 aliphatic rings. The Morgan fingerprint density at radius 3 is 2.32 bits per heavy atom. The van der Waals surface area contributed by atoms with Crippen molar-refractivity contribution in [3.63, 3.8) is 0 Å². The summed E-state index contributed by atoms with van der Waals surface area (Å²) in [6.07, 6.45) is 0. The summed E-state index contributed by atoms with van der Waals surface area (Å²) in [6.45, 7) is 2.11. The molecular weight excluding hydrogens is 434 g/mol. The molecule has 2 rings (SSSR count). The highest BCUT2D eigenvalue weighted by molar-refractivity contribution is 9.11. The first-order valence-corrected chi connectivity index (χ1v) is 8.28. The lowest BCUT2D eigenvalue weighted by molar-refractivity contribution is 0.687. The van der Waals surface area contributed by atoms with Crippen LogP contribution in [0.5, 0.6) is 0 Å². The second-order valence-corrected chi connectivity index (χ2v) is 7.14. The van der Waals surface area contributed by atoms with E-state index in [4.69, 9.17) is 0 Å². The molecule has 0 aromatic heterocycles. The Hall–Kier alpha value is -0.160. The molecule has 2 aromatic rings. The molecule has 0 saturated heterocycles. The Morgan fingerprint density at radius 1 is 0.947 bits per heavy atom. The fourth-order valence-electron chi connectivity index (χ4n) is 2.17. The topological polar surface area (TPSA) is 12.0 Å². The largest absolute Gasteiger partial charge is 0.309 e. The number of halogens is 3. The normalized spacial score (nSPS) is 12.5. The zero-order valence-electron chi connectivity index (χ0n) is 10.7. The van der Waals surface area contributed by atoms with Crippen molar-refractivity contribution in [3.8, 4) is 0 Å². The lowest BCUT2D eigenvalue weighted by Crippen LogP contribution is -2.18. The zero-order chi connectivity index (χ0) is 14.0. The van der Waals surface area contributed by atoms with Crippen LogP contribution in [-0.2, 0) is 0 Å². The lowest BCUT2D eigenvalue weighted by atomic mass is 9.97. The van der Waals surface area contributed by atoms with E-state index in [1.807, 2.05) is 13.1 Å². The summed E-state index contributed by atoms with van der Waals surface area (Å²) < 4.78 is 3.29. The summed E-state index contributed by atoms with van der Waals surface area (Å²) in [5.41, 5.74) is 3.71. The predicted octanol–water partition coefficient (Wildman–Crippen LogP) is 5.59. The van der Waals surface area contributed by atoms with Crippen LogP contribution in [0.4, 0.5) is 0 Å². The smallest absolute Gasteiger partial charge is 0.0586 e. The second-order valence-electron chi connectivity index (χ2n) is 4.45. The molecule has 4 heteroatoms. The third kappa shape index (κ3) is 3.69. The van der Waals surface area contributed by atoms with Gasteiger partial charge in [-0.2, -0.15) is 0 Å². The first-order chi connectivity index (χ1) is 9.01. The van der Waals surface area contributed by atoms with E-state index >= 15 is 0 Å². The summed E-state index contributed by atoms with van der Waals surface area (Å²) in [7, 11) is 1.98. The average Bonchev–Trinajstić information content (AvgIpc) is 2.33. The molecule has 0 aliphatic carbocycles. The van der Waals surface area contributed by atoms with E-state index in [9.17, 15) is 0 Å². The van der Waals surface area contributed by atoms with Crippen LogP contribution >= 0.6 is 47.8 Å². The highest BCUT2D eigenvalue weighted by atomic mass is 79.9. The predicted molar refractivity (Wildman–Crippen MR) is 91.6 cm³/mol. The lowest BCUT2D eigenvalue weighted by Gasteiger charge is -2.20. The summed E-state index contributed by atoms with van der Waals surface area (Å²) in [4.78, 5) is 0. The minimum absolute atomic E-state index is 0.156. The summed E-state index contributed by atoms with van der Waals surface area (Å²) in [5, 5.41) is 3.39. The Kier molecular flexibility index (Phi) is 5.23. The Morgan fingerprint density at radius 2 is 1.68 bits per heavy atom. The van der Waals surface area contributed by atoms with Gasteiger partial charge >= 0.3 is 0 Å². The van der Waals surface area contributed by atoms with Crippen molar-refractivity contribution in [2.75, 3.05) is 7.05 Å². The van der Waals surface area contributed by atoms with Crippen LogP contribution in [0.3, 0.4) is 0 Å². The van der Waals surface area contributed by atoms with Crippen molar-refractivity contribution in [1.29, 1.82) is 0 Å². The maximum Gasteiger partial charge on any atom is 0.0586 e. The van der Waals surface area contributed by atoms with Crippen LogP contribution in [0.2, 0.25) is 0 Å². The fourth-order valence-corrected chi connectivity index (χ4v) is 3.65. The number of aryl methyl sites for hydroxylation is 1. The highest BCUT2D eigenvalue weighted by Gasteiger charge is 2.16. The van der Waals surface area contributed by atoms with E-state index < -0.39 is 0 Å². The molecule has 0 aliphatic heterocycles. The van der Waals surface area contributed by atoms with Gasteiger partial charge in [-0.3, -0.25) is 0 Å². The van der Waals surface area contributed by atoms with Crippen molar-refractivity contribution in [2.45, 2.75) is 13.0 Å². The van der Waals surface area contributed by atoms with E-state index in [0.717, 1.165) is 13.4 Å². The van der Waals surface area contributed by atoms with Gasteiger partial charge in [-0.25, -0.2) is 0 Å². The van der Waals surface area contributed by atoms with Gasteiger partial charge in [0.25, 0.3) is 0 Å². The van der Waals surface area contributed by atoms with Crippen LogP contribution in [-0.4, -0.2) is 7.05 Å². The van der Waals surface area contributed by atoms with Crippen molar-refractivity contribution in [2.24, 2.45) is 0 Å². The van der Waals surface area contributed by atoms with Crippen LogP contribution in [0.1, 0.15) is 22.7 Å². The number of benzene rings is 2. The Bertz CT molecular complexity index is 576. The molecule has 0 spiro atoms. The van der Waals surface area contributed by atoms with Gasteiger partial charge in [-0.05, 0) is 61.0 Å². The molecule has 1 unspecified atom stereocenters. The second kappa shape index (κ2) is 6.53. The van der Waals surface area contributed by atoms with Gasteiger partial charge in [0.15, 0.2) is 0 Å². The van der Waals surface area contributed by atoms with Gasteiger partial charge in [0.05, 0.1) is 6.04 Å². The number of hydrogen-bond acceptors (Lipinski definition) is 1. The van der Waals surface area contributed by atoms with Crippen LogP contribution in [0.25, 0.3) is 0 Å². The monoisotopic (exact) mass is 445 g/mol. The van der Waals surface area contributed by atoms with Gasteiger partial charge in [0, 0.05) is 13.4 Å². The van der Waals surface area contributed by atoms with Gasteiger partial charge < -0.3 is 5.32 Å². The Labute approximate surface area is 139 Å². The number of nitrogens with one attached hydrogen (secondary N) is 1. The van der Waals surface area contributed by atoms with Crippen molar-refractivity contribution >= 4 is 47.8 Å². The number of rotatable bonds is 3. The molecule has 19 heavy (non-hydrogen) atoms. The third-order valence-corrected chi connectivity index (χ3v) is 4.63. The summed E-state index contributed by atoms with van der Waals surface area (Å²) >= 11 is 10.7.